The summed E-state index contributed by atoms with van der Waals surface area (Å²) in [5.41, 5.74) is 1.59. The Morgan fingerprint density at radius 1 is 1.29 bits per heavy atom. The highest BCUT2D eigenvalue weighted by molar-refractivity contribution is 7.99. The van der Waals surface area contributed by atoms with E-state index in [0.717, 1.165) is 10.6 Å². The fourth-order valence-corrected chi connectivity index (χ4v) is 3.44. The Morgan fingerprint density at radius 3 is 2.92 bits per heavy atom. The van der Waals surface area contributed by atoms with E-state index in [-0.39, 0.29) is 11.8 Å². The molecule has 0 bridgehead atoms. The molecule has 0 aliphatic carbocycles. The minimum Gasteiger partial charge on any atom is -0.495 e. The van der Waals surface area contributed by atoms with Gasteiger partial charge in [-0.2, -0.15) is 0 Å². The molecule has 2 N–H and O–H groups in total. The van der Waals surface area contributed by atoms with Crippen molar-refractivity contribution in [2.75, 3.05) is 23.5 Å². The second-order valence-electron chi connectivity index (χ2n) is 5.16. The van der Waals surface area contributed by atoms with E-state index in [2.05, 4.69) is 10.6 Å². The van der Waals surface area contributed by atoms with Crippen LogP contribution in [0.3, 0.4) is 0 Å². The number of hydrogen-bond donors (Lipinski definition) is 2. The second-order valence-corrected chi connectivity index (χ2v) is 6.73. The van der Waals surface area contributed by atoms with Crippen molar-refractivity contribution in [2.24, 2.45) is 0 Å². The number of hydrogen-bond acceptors (Lipinski definition) is 4. The van der Waals surface area contributed by atoms with Crippen LogP contribution in [0.15, 0.2) is 41.3 Å². The molecular formula is C17H15ClN2O3S. The average Bonchev–Trinajstić information content (AvgIpc) is 2.74. The smallest absolute Gasteiger partial charge is 0.255 e. The topological polar surface area (TPSA) is 67.4 Å². The van der Waals surface area contributed by atoms with Crippen LogP contribution in [0.4, 0.5) is 11.4 Å². The minimum absolute atomic E-state index is 0.0460. The number of fused-ring (bicyclic) bond motifs is 1. The molecule has 0 aromatic heterocycles. The van der Waals surface area contributed by atoms with Crippen molar-refractivity contribution in [3.05, 3.63) is 47.0 Å². The van der Waals surface area contributed by atoms with Gasteiger partial charge in [0.25, 0.3) is 5.91 Å². The molecule has 0 atom stereocenters. The van der Waals surface area contributed by atoms with Crippen LogP contribution in [0.5, 0.6) is 5.75 Å². The lowest BCUT2D eigenvalue weighted by Crippen LogP contribution is -2.14. The molecule has 0 saturated carbocycles. The van der Waals surface area contributed by atoms with E-state index >= 15 is 0 Å². The number of carbonyl (C=O) groups is 2. The van der Waals surface area contributed by atoms with Crippen LogP contribution < -0.4 is 15.4 Å². The first-order chi connectivity index (χ1) is 11.6. The number of amides is 2. The Kier molecular flexibility index (Phi) is 4.97. The van der Waals surface area contributed by atoms with Crippen LogP contribution in [0.2, 0.25) is 5.02 Å². The van der Waals surface area contributed by atoms with Gasteiger partial charge in [-0.25, -0.2) is 0 Å². The highest BCUT2D eigenvalue weighted by Crippen LogP contribution is 2.32. The van der Waals surface area contributed by atoms with Crippen LogP contribution in [0.25, 0.3) is 0 Å². The van der Waals surface area contributed by atoms with Gasteiger partial charge in [-0.05, 0) is 36.4 Å². The molecule has 0 saturated heterocycles. The third-order valence-electron chi connectivity index (χ3n) is 3.51. The van der Waals surface area contributed by atoms with Crippen LogP contribution in [0, 0.1) is 0 Å². The first-order valence-corrected chi connectivity index (χ1v) is 8.65. The van der Waals surface area contributed by atoms with Crippen LogP contribution in [-0.4, -0.2) is 24.7 Å². The highest BCUT2D eigenvalue weighted by Gasteiger charge is 2.16. The zero-order valence-electron chi connectivity index (χ0n) is 12.9. The highest BCUT2D eigenvalue weighted by atomic mass is 35.5. The summed E-state index contributed by atoms with van der Waals surface area (Å²) in [6.45, 7) is 0. The van der Waals surface area contributed by atoms with Crippen molar-refractivity contribution in [1.29, 1.82) is 0 Å². The number of methoxy groups -OCH3 is 1. The fraction of sp³-hybridized carbons (Fsp3) is 0.176. The summed E-state index contributed by atoms with van der Waals surface area (Å²) in [6, 6.07) is 10.2. The Bertz CT molecular complexity index is 810. The molecule has 124 valence electrons. The Hall–Kier alpha value is -2.18. The van der Waals surface area contributed by atoms with Gasteiger partial charge in [-0.1, -0.05) is 11.6 Å². The molecule has 0 spiro atoms. The largest absolute Gasteiger partial charge is 0.495 e. The number of benzene rings is 2. The molecule has 3 rings (SSSR count). The fourth-order valence-electron chi connectivity index (χ4n) is 2.33. The quantitative estimate of drug-likeness (QED) is 0.864. The van der Waals surface area contributed by atoms with Crippen molar-refractivity contribution < 1.29 is 14.3 Å². The molecule has 1 aliphatic heterocycles. The Labute approximate surface area is 148 Å². The predicted octanol–water partition coefficient (Wildman–Crippen LogP) is 4.04. The van der Waals surface area contributed by atoms with Gasteiger partial charge in [0.15, 0.2) is 0 Å². The van der Waals surface area contributed by atoms with E-state index < -0.39 is 0 Å². The number of ether oxygens (including phenoxy) is 1. The summed E-state index contributed by atoms with van der Waals surface area (Å²) in [7, 11) is 1.52. The van der Waals surface area contributed by atoms with Crippen molar-refractivity contribution in [3.8, 4) is 5.75 Å². The summed E-state index contributed by atoms with van der Waals surface area (Å²) in [5.74, 6) is 0.896. The number of thioether (sulfide) groups is 1. The van der Waals surface area contributed by atoms with Gasteiger partial charge in [0.2, 0.25) is 5.91 Å². The van der Waals surface area contributed by atoms with Gasteiger partial charge in [-0.15, -0.1) is 11.8 Å². The average molecular weight is 363 g/mol. The first kappa shape index (κ1) is 16.7. The van der Waals surface area contributed by atoms with Gasteiger partial charge >= 0.3 is 0 Å². The molecule has 0 radical (unpaired) electrons. The van der Waals surface area contributed by atoms with Gasteiger partial charge < -0.3 is 15.4 Å². The number of halogens is 1. The molecule has 2 aromatic carbocycles. The summed E-state index contributed by atoms with van der Waals surface area (Å²) in [6.07, 6.45) is 0.459. The lowest BCUT2D eigenvalue weighted by molar-refractivity contribution is -0.115. The molecule has 1 aliphatic rings. The Balaban J connectivity index is 1.86. The van der Waals surface area contributed by atoms with Crippen molar-refractivity contribution in [2.45, 2.75) is 11.3 Å². The van der Waals surface area contributed by atoms with Crippen molar-refractivity contribution >= 4 is 46.6 Å². The maximum atomic E-state index is 12.5. The van der Waals surface area contributed by atoms with Crippen LogP contribution in [-0.2, 0) is 4.79 Å². The zero-order valence-corrected chi connectivity index (χ0v) is 14.5. The molecule has 0 unspecified atom stereocenters. The van der Waals surface area contributed by atoms with Crippen molar-refractivity contribution in [1.82, 2.24) is 0 Å². The van der Waals surface area contributed by atoms with Gasteiger partial charge in [0, 0.05) is 27.7 Å². The molecule has 0 fully saturated rings. The molecule has 7 heteroatoms. The number of rotatable bonds is 3. The molecule has 2 amide bonds. The minimum atomic E-state index is -0.304. The summed E-state index contributed by atoms with van der Waals surface area (Å²) in [4.78, 5) is 25.2. The van der Waals surface area contributed by atoms with Gasteiger partial charge in [-0.3, -0.25) is 9.59 Å². The third-order valence-corrected chi connectivity index (χ3v) is 4.82. The number of anilines is 2. The zero-order chi connectivity index (χ0) is 17.1. The standard InChI is InChI=1S/C17H15ClN2O3S/c1-23-14-4-3-11(18)9-12(14)20-17(22)10-2-5-15-13(8-10)19-16(21)6-7-24-15/h2-5,8-9H,6-7H2,1H3,(H,19,21)(H,20,22). The monoisotopic (exact) mass is 362 g/mol. The second kappa shape index (κ2) is 7.15. The van der Waals surface area contributed by atoms with Crippen LogP contribution in [0.1, 0.15) is 16.8 Å². The Morgan fingerprint density at radius 2 is 2.12 bits per heavy atom. The molecule has 5 nitrogen and oxygen atoms in total. The van der Waals surface area contributed by atoms with Crippen molar-refractivity contribution in [3.63, 3.8) is 0 Å². The molecule has 2 aromatic rings. The van der Waals surface area contributed by atoms with E-state index in [9.17, 15) is 9.59 Å². The number of nitrogens with one attached hydrogen (secondary N) is 2. The molecular weight excluding hydrogens is 348 g/mol. The predicted molar refractivity (Wildman–Crippen MR) is 96.4 cm³/mol. The van der Waals surface area contributed by atoms with Crippen LogP contribution >= 0.6 is 23.4 Å². The molecule has 24 heavy (non-hydrogen) atoms. The van der Waals surface area contributed by atoms with Gasteiger partial charge in [0.1, 0.15) is 5.75 Å². The lowest BCUT2D eigenvalue weighted by Gasteiger charge is -2.12. The lowest BCUT2D eigenvalue weighted by atomic mass is 10.1. The molecule has 1 heterocycles. The van der Waals surface area contributed by atoms with E-state index in [4.69, 9.17) is 16.3 Å². The first-order valence-electron chi connectivity index (χ1n) is 7.28. The number of carbonyl (C=O) groups excluding carboxylic acids is 2. The summed E-state index contributed by atoms with van der Waals surface area (Å²) < 4.78 is 5.22. The van der Waals surface area contributed by atoms with Gasteiger partial charge in [0.05, 0.1) is 18.5 Å². The van der Waals surface area contributed by atoms with E-state index in [0.29, 0.717) is 34.1 Å². The summed E-state index contributed by atoms with van der Waals surface area (Å²) in [5, 5.41) is 6.11. The van der Waals surface area contributed by atoms with E-state index in [1.165, 1.54) is 7.11 Å². The normalized spacial score (nSPS) is 13.5. The van der Waals surface area contributed by atoms with E-state index in [1.54, 1.807) is 42.1 Å². The third kappa shape index (κ3) is 3.66. The maximum Gasteiger partial charge on any atom is 0.255 e. The maximum absolute atomic E-state index is 12.5. The van der Waals surface area contributed by atoms with E-state index in [1.807, 2.05) is 6.07 Å². The summed E-state index contributed by atoms with van der Waals surface area (Å²) >= 11 is 7.57. The SMILES string of the molecule is COc1ccc(Cl)cc1NC(=O)c1ccc2c(c1)NC(=O)CCS2.